The Morgan fingerprint density at radius 1 is 1.33 bits per heavy atom. The highest BCUT2D eigenvalue weighted by Gasteiger charge is 2.30. The van der Waals surface area contributed by atoms with Crippen LogP contribution >= 0.6 is 11.8 Å². The van der Waals surface area contributed by atoms with Gasteiger partial charge in [0.2, 0.25) is 5.91 Å². The van der Waals surface area contributed by atoms with Gasteiger partial charge in [0, 0.05) is 12.7 Å². The van der Waals surface area contributed by atoms with Crippen LogP contribution in [0.15, 0.2) is 24.3 Å². The molecule has 6 heteroatoms. The van der Waals surface area contributed by atoms with E-state index < -0.39 is 11.7 Å². The number of hydrogen-bond acceptors (Lipinski definition) is 2. The van der Waals surface area contributed by atoms with Crippen molar-refractivity contribution < 1.29 is 18.0 Å². The van der Waals surface area contributed by atoms with Crippen LogP contribution in [0, 0.1) is 0 Å². The molecular weight excluding hydrogens is 263 g/mol. The van der Waals surface area contributed by atoms with E-state index in [9.17, 15) is 18.0 Å². The fourth-order valence-corrected chi connectivity index (χ4v) is 2.15. The van der Waals surface area contributed by atoms with E-state index in [1.54, 1.807) is 0 Å². The Kier molecular flexibility index (Phi) is 5.07. The molecule has 100 valence electrons. The van der Waals surface area contributed by atoms with E-state index in [1.165, 1.54) is 30.8 Å². The highest BCUT2D eigenvalue weighted by molar-refractivity contribution is 7.98. The molecule has 0 heterocycles. The van der Waals surface area contributed by atoms with Gasteiger partial charge >= 0.3 is 6.18 Å². The van der Waals surface area contributed by atoms with Crippen molar-refractivity contribution in [3.05, 3.63) is 35.4 Å². The van der Waals surface area contributed by atoms with Gasteiger partial charge in [-0.3, -0.25) is 4.79 Å². The Hall–Kier alpha value is -1.17. The lowest BCUT2D eigenvalue weighted by Gasteiger charge is -2.18. The molecule has 0 spiro atoms. The van der Waals surface area contributed by atoms with Crippen molar-refractivity contribution in [3.63, 3.8) is 0 Å². The van der Waals surface area contributed by atoms with E-state index in [4.69, 9.17) is 0 Å². The number of benzene rings is 1. The van der Waals surface area contributed by atoms with E-state index in [2.05, 4.69) is 5.32 Å². The minimum Gasteiger partial charge on any atom is -0.349 e. The summed E-state index contributed by atoms with van der Waals surface area (Å²) in [5.41, 5.74) is -0.00970. The highest BCUT2D eigenvalue weighted by atomic mass is 32.2. The first-order chi connectivity index (χ1) is 8.34. The highest BCUT2D eigenvalue weighted by Crippen LogP contribution is 2.30. The molecule has 1 atom stereocenters. The first-order valence-electron chi connectivity index (χ1n) is 5.27. The SMILES string of the molecule is CSC[C@@H](NC(C)=O)c1ccc(C(F)(F)F)cc1. The second-order valence-electron chi connectivity index (χ2n) is 3.83. The lowest BCUT2D eigenvalue weighted by atomic mass is 10.1. The fourth-order valence-electron chi connectivity index (χ4n) is 1.54. The Balaban J connectivity index is 2.90. The molecule has 2 nitrogen and oxygen atoms in total. The molecule has 1 aromatic carbocycles. The molecule has 0 bridgehead atoms. The Morgan fingerprint density at radius 3 is 2.28 bits per heavy atom. The molecule has 0 aliphatic carbocycles. The van der Waals surface area contributed by atoms with Gasteiger partial charge in [0.1, 0.15) is 0 Å². The number of halogens is 3. The van der Waals surface area contributed by atoms with Crippen LogP contribution in [0.1, 0.15) is 24.1 Å². The zero-order valence-corrected chi connectivity index (χ0v) is 10.9. The maximum Gasteiger partial charge on any atom is 0.416 e. The summed E-state index contributed by atoms with van der Waals surface area (Å²) in [6.07, 6.45) is -2.46. The fraction of sp³-hybridized carbons (Fsp3) is 0.417. The molecule has 0 aliphatic rings. The van der Waals surface area contributed by atoms with Crippen molar-refractivity contribution in [3.8, 4) is 0 Å². The number of rotatable bonds is 4. The zero-order valence-electron chi connectivity index (χ0n) is 10.0. The first kappa shape index (κ1) is 14.9. The summed E-state index contributed by atoms with van der Waals surface area (Å²) >= 11 is 1.52. The van der Waals surface area contributed by atoms with Gasteiger partial charge < -0.3 is 5.32 Å². The maximum absolute atomic E-state index is 12.4. The van der Waals surface area contributed by atoms with Gasteiger partial charge in [-0.2, -0.15) is 24.9 Å². The van der Waals surface area contributed by atoms with Crippen LogP contribution in [0.3, 0.4) is 0 Å². The van der Waals surface area contributed by atoms with Crippen molar-refractivity contribution in [2.75, 3.05) is 12.0 Å². The molecule has 18 heavy (non-hydrogen) atoms. The summed E-state index contributed by atoms with van der Waals surface area (Å²) < 4.78 is 37.2. The summed E-state index contributed by atoms with van der Waals surface area (Å²) in [5, 5.41) is 2.71. The van der Waals surface area contributed by atoms with Crippen LogP contribution in [0.5, 0.6) is 0 Å². The van der Waals surface area contributed by atoms with E-state index in [1.807, 2.05) is 6.26 Å². The molecule has 0 saturated heterocycles. The Labute approximate surface area is 108 Å². The van der Waals surface area contributed by atoms with Gasteiger partial charge in [0.05, 0.1) is 11.6 Å². The minimum absolute atomic E-state index is 0.200. The lowest BCUT2D eigenvalue weighted by Crippen LogP contribution is -2.27. The average Bonchev–Trinajstić information content (AvgIpc) is 2.27. The number of amides is 1. The second-order valence-corrected chi connectivity index (χ2v) is 4.74. The van der Waals surface area contributed by atoms with Crippen molar-refractivity contribution in [1.82, 2.24) is 5.32 Å². The second kappa shape index (κ2) is 6.13. The van der Waals surface area contributed by atoms with Gasteiger partial charge in [0.15, 0.2) is 0 Å². The number of nitrogens with one attached hydrogen (secondary N) is 1. The van der Waals surface area contributed by atoms with Crippen molar-refractivity contribution in [2.24, 2.45) is 0 Å². The molecule has 0 radical (unpaired) electrons. The van der Waals surface area contributed by atoms with Gasteiger partial charge in [0.25, 0.3) is 0 Å². The van der Waals surface area contributed by atoms with Crippen LogP contribution in [-0.4, -0.2) is 17.9 Å². The van der Waals surface area contributed by atoms with Gasteiger partial charge in [-0.15, -0.1) is 0 Å². The third kappa shape index (κ3) is 4.25. The lowest BCUT2D eigenvalue weighted by molar-refractivity contribution is -0.137. The molecule has 1 N–H and O–H groups in total. The van der Waals surface area contributed by atoms with E-state index >= 15 is 0 Å². The van der Waals surface area contributed by atoms with Crippen LogP contribution in [0.4, 0.5) is 13.2 Å². The third-order valence-electron chi connectivity index (χ3n) is 2.35. The van der Waals surface area contributed by atoms with Gasteiger partial charge in [-0.1, -0.05) is 12.1 Å². The van der Waals surface area contributed by atoms with E-state index in [0.29, 0.717) is 11.3 Å². The smallest absolute Gasteiger partial charge is 0.349 e. The number of alkyl halides is 3. The largest absolute Gasteiger partial charge is 0.416 e. The number of hydrogen-bond donors (Lipinski definition) is 1. The standard InChI is InChI=1S/C12H14F3NOS/c1-8(17)16-11(7-18-2)9-3-5-10(6-4-9)12(13,14)15/h3-6,11H,7H2,1-2H3,(H,16,17)/t11-/m1/s1. The van der Waals surface area contributed by atoms with Crippen molar-refractivity contribution >= 4 is 17.7 Å². The molecule has 0 aromatic heterocycles. The summed E-state index contributed by atoms with van der Waals surface area (Å²) in [4.78, 5) is 11.0. The summed E-state index contributed by atoms with van der Waals surface area (Å²) in [6.45, 7) is 1.39. The normalized spacial score (nSPS) is 13.2. The molecule has 0 saturated carbocycles. The topological polar surface area (TPSA) is 29.1 Å². The van der Waals surface area contributed by atoms with Crippen LogP contribution < -0.4 is 5.32 Å². The van der Waals surface area contributed by atoms with Gasteiger partial charge in [-0.25, -0.2) is 0 Å². The van der Waals surface area contributed by atoms with E-state index in [0.717, 1.165) is 12.1 Å². The molecule has 1 amide bonds. The molecule has 0 unspecified atom stereocenters. The molecule has 1 aromatic rings. The summed E-state index contributed by atoms with van der Waals surface area (Å²) in [5.74, 6) is 0.416. The minimum atomic E-state index is -4.33. The maximum atomic E-state index is 12.4. The molecule has 1 rings (SSSR count). The molecular formula is C12H14F3NOS. The molecule has 0 fully saturated rings. The Morgan fingerprint density at radius 2 is 1.89 bits per heavy atom. The van der Waals surface area contributed by atoms with Crippen LogP contribution in [0.25, 0.3) is 0 Å². The van der Waals surface area contributed by atoms with E-state index in [-0.39, 0.29) is 11.9 Å². The van der Waals surface area contributed by atoms with Crippen LogP contribution in [-0.2, 0) is 11.0 Å². The summed E-state index contributed by atoms with van der Waals surface area (Å²) in [7, 11) is 0. The number of thioether (sulfide) groups is 1. The quantitative estimate of drug-likeness (QED) is 0.915. The predicted octanol–water partition coefficient (Wildman–Crippen LogP) is 3.25. The van der Waals surface area contributed by atoms with Gasteiger partial charge in [-0.05, 0) is 24.0 Å². The number of carbonyl (C=O) groups is 1. The zero-order chi connectivity index (χ0) is 13.8. The summed E-state index contributed by atoms with van der Waals surface area (Å²) in [6, 6.07) is 4.61. The first-order valence-corrected chi connectivity index (χ1v) is 6.67. The molecule has 0 aliphatic heterocycles. The Bertz CT molecular complexity index is 403. The third-order valence-corrected chi connectivity index (χ3v) is 3.02. The predicted molar refractivity (Wildman–Crippen MR) is 66.4 cm³/mol. The average molecular weight is 277 g/mol. The monoisotopic (exact) mass is 277 g/mol. The number of carbonyl (C=O) groups excluding carboxylic acids is 1. The van der Waals surface area contributed by atoms with Crippen LogP contribution in [0.2, 0.25) is 0 Å². The van der Waals surface area contributed by atoms with Crippen molar-refractivity contribution in [2.45, 2.75) is 19.1 Å². The van der Waals surface area contributed by atoms with Crippen molar-refractivity contribution in [1.29, 1.82) is 0 Å².